The van der Waals surface area contributed by atoms with Crippen molar-refractivity contribution < 1.29 is 9.59 Å². The van der Waals surface area contributed by atoms with Crippen molar-refractivity contribution in [1.82, 2.24) is 5.32 Å². The lowest BCUT2D eigenvalue weighted by atomic mass is 10.1. The second-order valence-corrected chi connectivity index (χ2v) is 5.53. The van der Waals surface area contributed by atoms with Crippen LogP contribution in [0.4, 0.5) is 5.69 Å². The van der Waals surface area contributed by atoms with Gasteiger partial charge in [0.25, 0.3) is 5.91 Å². The third-order valence-electron chi connectivity index (χ3n) is 2.02. The van der Waals surface area contributed by atoms with Crippen LogP contribution in [0.2, 0.25) is 0 Å². The number of anilines is 1. The average molecular weight is 313 g/mol. The minimum atomic E-state index is -0.286. The van der Waals surface area contributed by atoms with Crippen molar-refractivity contribution in [3.8, 4) is 0 Å². The number of hydrogen-bond donors (Lipinski definition) is 2. The first-order valence-electron chi connectivity index (χ1n) is 5.60. The molecule has 0 spiro atoms. The summed E-state index contributed by atoms with van der Waals surface area (Å²) in [6, 6.07) is 6.85. The van der Waals surface area contributed by atoms with E-state index in [9.17, 15) is 9.59 Å². The summed E-state index contributed by atoms with van der Waals surface area (Å²) in [5, 5.41) is 5.78. The van der Waals surface area contributed by atoms with E-state index in [0.29, 0.717) is 11.3 Å². The molecule has 0 saturated carbocycles. The maximum Gasteiger partial charge on any atom is 0.251 e. The van der Waals surface area contributed by atoms with Crippen LogP contribution in [0.1, 0.15) is 31.1 Å². The van der Waals surface area contributed by atoms with Crippen LogP contribution in [-0.4, -0.2) is 22.7 Å². The van der Waals surface area contributed by atoms with Gasteiger partial charge >= 0.3 is 0 Å². The van der Waals surface area contributed by atoms with E-state index in [-0.39, 0.29) is 22.7 Å². The number of rotatable bonds is 3. The number of alkyl halides is 1. The van der Waals surface area contributed by atoms with Gasteiger partial charge in [-0.15, -0.1) is 0 Å². The molecule has 18 heavy (non-hydrogen) atoms. The summed E-state index contributed by atoms with van der Waals surface area (Å²) in [6.07, 6.45) is 0. The lowest BCUT2D eigenvalue weighted by Gasteiger charge is -2.20. The number of carbonyl (C=O) groups excluding carboxylic acids is 2. The molecule has 0 atom stereocenters. The van der Waals surface area contributed by atoms with E-state index in [1.165, 1.54) is 0 Å². The molecule has 0 bridgehead atoms. The Labute approximate surface area is 115 Å². The lowest BCUT2D eigenvalue weighted by Crippen LogP contribution is -2.40. The van der Waals surface area contributed by atoms with E-state index in [1.807, 2.05) is 20.8 Å². The summed E-state index contributed by atoms with van der Waals surface area (Å²) in [4.78, 5) is 23.2. The number of carbonyl (C=O) groups is 2. The van der Waals surface area contributed by atoms with Crippen molar-refractivity contribution in [2.45, 2.75) is 26.3 Å². The van der Waals surface area contributed by atoms with Crippen LogP contribution in [0.5, 0.6) is 0 Å². The molecule has 2 amide bonds. The van der Waals surface area contributed by atoms with Gasteiger partial charge in [0, 0.05) is 16.8 Å². The molecule has 0 unspecified atom stereocenters. The summed E-state index contributed by atoms with van der Waals surface area (Å²) in [5.41, 5.74) is 0.852. The zero-order valence-electron chi connectivity index (χ0n) is 10.7. The number of halogens is 1. The highest BCUT2D eigenvalue weighted by atomic mass is 79.9. The molecule has 0 aliphatic rings. The Morgan fingerprint density at radius 1 is 1.28 bits per heavy atom. The van der Waals surface area contributed by atoms with Crippen LogP contribution >= 0.6 is 15.9 Å². The van der Waals surface area contributed by atoms with Gasteiger partial charge in [0.1, 0.15) is 0 Å². The van der Waals surface area contributed by atoms with E-state index in [1.54, 1.807) is 24.3 Å². The van der Waals surface area contributed by atoms with Crippen LogP contribution in [0.3, 0.4) is 0 Å². The molecule has 5 heteroatoms. The largest absolute Gasteiger partial charge is 0.347 e. The van der Waals surface area contributed by atoms with E-state index < -0.39 is 0 Å². The first-order valence-corrected chi connectivity index (χ1v) is 6.72. The van der Waals surface area contributed by atoms with Gasteiger partial charge in [0.2, 0.25) is 5.91 Å². The lowest BCUT2D eigenvalue weighted by molar-refractivity contribution is -0.113. The normalized spacial score (nSPS) is 10.9. The van der Waals surface area contributed by atoms with Gasteiger partial charge in [-0.3, -0.25) is 9.59 Å². The SMILES string of the molecule is CC(C)(C)NC(=O)c1cccc(NC(=O)CBr)c1. The maximum absolute atomic E-state index is 11.9. The fourth-order valence-electron chi connectivity index (χ4n) is 1.35. The third kappa shape index (κ3) is 4.87. The number of amides is 2. The standard InChI is InChI=1S/C13H17BrN2O2/c1-13(2,3)16-12(18)9-5-4-6-10(7-9)15-11(17)8-14/h4-7H,8H2,1-3H3,(H,15,17)(H,16,18). The Balaban J connectivity index is 2.82. The Hall–Kier alpha value is -1.36. The predicted molar refractivity (Wildman–Crippen MR) is 76.1 cm³/mol. The minimum Gasteiger partial charge on any atom is -0.347 e. The summed E-state index contributed by atoms with van der Waals surface area (Å²) < 4.78 is 0. The molecule has 0 fully saturated rings. The third-order valence-corrected chi connectivity index (χ3v) is 2.53. The second-order valence-electron chi connectivity index (χ2n) is 4.97. The summed E-state index contributed by atoms with van der Waals surface area (Å²) in [7, 11) is 0. The molecule has 98 valence electrons. The summed E-state index contributed by atoms with van der Waals surface area (Å²) in [5.74, 6) is -0.305. The fraction of sp³-hybridized carbons (Fsp3) is 0.385. The minimum absolute atomic E-state index is 0.150. The van der Waals surface area contributed by atoms with E-state index in [2.05, 4.69) is 26.6 Å². The summed E-state index contributed by atoms with van der Waals surface area (Å²) in [6.45, 7) is 5.75. The Kier molecular flexibility index (Phi) is 4.90. The van der Waals surface area contributed by atoms with Gasteiger partial charge in [0.05, 0.1) is 5.33 Å². The highest BCUT2D eigenvalue weighted by molar-refractivity contribution is 9.09. The second kappa shape index (κ2) is 6.00. The smallest absolute Gasteiger partial charge is 0.251 e. The van der Waals surface area contributed by atoms with Gasteiger partial charge in [-0.2, -0.15) is 0 Å². The van der Waals surface area contributed by atoms with Crippen molar-refractivity contribution in [3.05, 3.63) is 29.8 Å². The topological polar surface area (TPSA) is 58.2 Å². The van der Waals surface area contributed by atoms with Crippen LogP contribution in [-0.2, 0) is 4.79 Å². The van der Waals surface area contributed by atoms with Gasteiger partial charge < -0.3 is 10.6 Å². The van der Waals surface area contributed by atoms with E-state index in [4.69, 9.17) is 0 Å². The number of nitrogens with one attached hydrogen (secondary N) is 2. The van der Waals surface area contributed by atoms with Crippen molar-refractivity contribution in [3.63, 3.8) is 0 Å². The van der Waals surface area contributed by atoms with Crippen LogP contribution in [0.25, 0.3) is 0 Å². The van der Waals surface area contributed by atoms with Gasteiger partial charge in [-0.25, -0.2) is 0 Å². The fourth-order valence-corrected chi connectivity index (χ4v) is 1.49. The monoisotopic (exact) mass is 312 g/mol. The highest BCUT2D eigenvalue weighted by Gasteiger charge is 2.15. The van der Waals surface area contributed by atoms with Crippen molar-refractivity contribution >= 4 is 33.4 Å². The zero-order valence-corrected chi connectivity index (χ0v) is 12.3. The van der Waals surface area contributed by atoms with E-state index >= 15 is 0 Å². The number of benzene rings is 1. The molecular formula is C13H17BrN2O2. The summed E-state index contributed by atoms with van der Waals surface area (Å²) >= 11 is 3.07. The van der Waals surface area contributed by atoms with Crippen molar-refractivity contribution in [2.75, 3.05) is 10.6 Å². The van der Waals surface area contributed by atoms with Crippen LogP contribution < -0.4 is 10.6 Å². The predicted octanol–water partition coefficient (Wildman–Crippen LogP) is 2.55. The average Bonchev–Trinajstić information content (AvgIpc) is 2.27. The molecule has 0 aliphatic carbocycles. The Morgan fingerprint density at radius 3 is 2.50 bits per heavy atom. The van der Waals surface area contributed by atoms with E-state index in [0.717, 1.165) is 0 Å². The molecular weight excluding hydrogens is 296 g/mol. The molecule has 1 rings (SSSR count). The molecule has 0 radical (unpaired) electrons. The molecule has 0 aliphatic heterocycles. The first-order chi connectivity index (χ1) is 8.31. The first kappa shape index (κ1) is 14.7. The van der Waals surface area contributed by atoms with Gasteiger partial charge in [0.15, 0.2) is 0 Å². The van der Waals surface area contributed by atoms with Crippen molar-refractivity contribution in [1.29, 1.82) is 0 Å². The molecule has 0 saturated heterocycles. The zero-order chi connectivity index (χ0) is 13.8. The highest BCUT2D eigenvalue weighted by Crippen LogP contribution is 2.12. The van der Waals surface area contributed by atoms with Crippen LogP contribution in [0.15, 0.2) is 24.3 Å². The molecule has 1 aromatic carbocycles. The van der Waals surface area contributed by atoms with Crippen LogP contribution in [0, 0.1) is 0 Å². The molecule has 0 aromatic heterocycles. The van der Waals surface area contributed by atoms with Gasteiger partial charge in [-0.1, -0.05) is 22.0 Å². The molecule has 2 N–H and O–H groups in total. The quantitative estimate of drug-likeness (QED) is 0.843. The Morgan fingerprint density at radius 2 is 1.94 bits per heavy atom. The maximum atomic E-state index is 11.9. The number of hydrogen-bond acceptors (Lipinski definition) is 2. The van der Waals surface area contributed by atoms with Gasteiger partial charge in [-0.05, 0) is 39.0 Å². The van der Waals surface area contributed by atoms with Crippen molar-refractivity contribution in [2.24, 2.45) is 0 Å². The molecule has 1 aromatic rings. The molecule has 0 heterocycles. The molecule has 4 nitrogen and oxygen atoms in total. The Bertz CT molecular complexity index is 453.